The highest BCUT2D eigenvalue weighted by molar-refractivity contribution is 6.17. The van der Waals surface area contributed by atoms with Crippen LogP contribution in [0.15, 0.2) is 48.5 Å². The summed E-state index contributed by atoms with van der Waals surface area (Å²) in [4.78, 5) is 13.9. The molecule has 0 radical (unpaired) electrons. The summed E-state index contributed by atoms with van der Waals surface area (Å²) in [5.74, 6) is 0.0156. The molecule has 1 amide bonds. The predicted octanol–water partition coefficient (Wildman–Crippen LogP) is 3.84. The van der Waals surface area contributed by atoms with Gasteiger partial charge in [0.05, 0.1) is 0 Å². The van der Waals surface area contributed by atoms with Crippen molar-refractivity contribution in [2.75, 3.05) is 7.05 Å². The van der Waals surface area contributed by atoms with Crippen molar-refractivity contribution in [1.82, 2.24) is 4.90 Å². The Morgan fingerprint density at radius 1 is 1.15 bits per heavy atom. The van der Waals surface area contributed by atoms with Crippen LogP contribution in [0.3, 0.4) is 0 Å². The number of halogens is 2. The Bertz CT molecular complexity index is 598. The summed E-state index contributed by atoms with van der Waals surface area (Å²) in [6.07, 6.45) is 0. The second kappa shape index (κ2) is 6.53. The molecule has 0 saturated heterocycles. The Labute approximate surface area is 122 Å². The zero-order valence-corrected chi connectivity index (χ0v) is 11.9. The first kappa shape index (κ1) is 14.5. The zero-order chi connectivity index (χ0) is 14.5. The minimum absolute atomic E-state index is 0.0821. The molecule has 2 nitrogen and oxygen atoms in total. The van der Waals surface area contributed by atoms with Gasteiger partial charge in [-0.15, -0.1) is 11.6 Å². The van der Waals surface area contributed by atoms with Gasteiger partial charge in [0.1, 0.15) is 5.82 Å². The molecule has 0 heterocycles. The van der Waals surface area contributed by atoms with Gasteiger partial charge in [-0.25, -0.2) is 4.39 Å². The molecule has 0 aliphatic rings. The van der Waals surface area contributed by atoms with E-state index in [2.05, 4.69) is 0 Å². The third-order valence-corrected chi connectivity index (χ3v) is 3.32. The van der Waals surface area contributed by atoms with Crippen molar-refractivity contribution >= 4 is 17.5 Å². The average molecular weight is 292 g/mol. The quantitative estimate of drug-likeness (QED) is 0.784. The Morgan fingerprint density at radius 3 is 2.50 bits per heavy atom. The molecule has 104 valence electrons. The smallest absolute Gasteiger partial charge is 0.253 e. The third-order valence-electron chi connectivity index (χ3n) is 3.01. The van der Waals surface area contributed by atoms with Gasteiger partial charge in [0.15, 0.2) is 0 Å². The first-order valence-corrected chi connectivity index (χ1v) is 6.78. The Morgan fingerprint density at radius 2 is 1.85 bits per heavy atom. The molecule has 0 aliphatic carbocycles. The van der Waals surface area contributed by atoms with Crippen molar-refractivity contribution in [1.29, 1.82) is 0 Å². The Balaban J connectivity index is 2.09. The lowest BCUT2D eigenvalue weighted by Gasteiger charge is -2.17. The lowest BCUT2D eigenvalue weighted by molar-refractivity contribution is 0.0785. The van der Waals surface area contributed by atoms with Crippen molar-refractivity contribution in [3.8, 4) is 0 Å². The summed E-state index contributed by atoms with van der Waals surface area (Å²) in [7, 11) is 1.72. The lowest BCUT2D eigenvalue weighted by atomic mass is 10.1. The van der Waals surface area contributed by atoms with Crippen molar-refractivity contribution in [3.63, 3.8) is 0 Å². The van der Waals surface area contributed by atoms with Crippen LogP contribution >= 0.6 is 11.6 Å². The van der Waals surface area contributed by atoms with Gasteiger partial charge in [0.2, 0.25) is 0 Å². The van der Waals surface area contributed by atoms with E-state index in [-0.39, 0.29) is 11.7 Å². The molecule has 0 N–H and O–H groups in total. The van der Waals surface area contributed by atoms with Crippen LogP contribution in [0, 0.1) is 5.82 Å². The van der Waals surface area contributed by atoms with Gasteiger partial charge in [0, 0.05) is 25.0 Å². The fourth-order valence-corrected chi connectivity index (χ4v) is 2.11. The average Bonchev–Trinajstić information content (AvgIpc) is 2.48. The predicted molar refractivity (Wildman–Crippen MR) is 78.2 cm³/mol. The summed E-state index contributed by atoms with van der Waals surface area (Å²) in [6.45, 7) is 0.435. The lowest BCUT2D eigenvalue weighted by Crippen LogP contribution is -2.26. The maximum absolute atomic E-state index is 12.8. The van der Waals surface area contributed by atoms with Gasteiger partial charge < -0.3 is 4.90 Å². The van der Waals surface area contributed by atoms with Gasteiger partial charge in [-0.3, -0.25) is 4.79 Å². The number of rotatable bonds is 4. The largest absolute Gasteiger partial charge is 0.337 e. The summed E-state index contributed by atoms with van der Waals surface area (Å²) in [6, 6.07) is 13.4. The molecule has 0 spiro atoms. The summed E-state index contributed by atoms with van der Waals surface area (Å²) in [5, 5.41) is 0. The number of benzene rings is 2. The van der Waals surface area contributed by atoms with E-state index in [0.717, 1.165) is 11.1 Å². The first-order chi connectivity index (χ1) is 9.60. The fraction of sp³-hybridized carbons (Fsp3) is 0.188. The van der Waals surface area contributed by atoms with E-state index in [9.17, 15) is 9.18 Å². The molecule has 0 atom stereocenters. The molecule has 0 aromatic heterocycles. The molecule has 2 rings (SSSR count). The molecule has 2 aromatic carbocycles. The van der Waals surface area contributed by atoms with Crippen LogP contribution in [0.25, 0.3) is 0 Å². The topological polar surface area (TPSA) is 20.3 Å². The van der Waals surface area contributed by atoms with Crippen LogP contribution in [-0.2, 0) is 12.4 Å². The summed E-state index contributed by atoms with van der Waals surface area (Å²) in [5.41, 5.74) is 2.40. The van der Waals surface area contributed by atoms with Crippen LogP contribution in [0.5, 0.6) is 0 Å². The minimum atomic E-state index is -0.280. The summed E-state index contributed by atoms with van der Waals surface area (Å²) < 4.78 is 12.8. The highest BCUT2D eigenvalue weighted by Crippen LogP contribution is 2.12. The molecule has 4 heteroatoms. The number of amides is 1. The Hall–Kier alpha value is -1.87. The zero-order valence-electron chi connectivity index (χ0n) is 11.1. The molecule has 20 heavy (non-hydrogen) atoms. The summed E-state index contributed by atoms with van der Waals surface area (Å²) >= 11 is 5.77. The van der Waals surface area contributed by atoms with E-state index in [0.29, 0.717) is 18.0 Å². The molecule has 0 bridgehead atoms. The molecular weight excluding hydrogens is 277 g/mol. The van der Waals surface area contributed by atoms with Gasteiger partial charge in [-0.05, 0) is 35.4 Å². The maximum Gasteiger partial charge on any atom is 0.253 e. The number of carbonyl (C=O) groups excluding carboxylic acids is 1. The first-order valence-electron chi connectivity index (χ1n) is 6.25. The van der Waals surface area contributed by atoms with E-state index in [1.807, 2.05) is 12.1 Å². The van der Waals surface area contributed by atoms with Crippen LogP contribution in [0.2, 0.25) is 0 Å². The number of hydrogen-bond acceptors (Lipinski definition) is 1. The number of alkyl halides is 1. The highest BCUT2D eigenvalue weighted by atomic mass is 35.5. The van der Waals surface area contributed by atoms with Gasteiger partial charge >= 0.3 is 0 Å². The molecular formula is C16H15ClFNO. The molecule has 0 fully saturated rings. The molecule has 0 unspecified atom stereocenters. The number of nitrogens with zero attached hydrogens (tertiary/aromatic N) is 1. The second-order valence-corrected chi connectivity index (χ2v) is 4.89. The monoisotopic (exact) mass is 291 g/mol. The van der Waals surface area contributed by atoms with Crippen LogP contribution in [0.1, 0.15) is 21.5 Å². The van der Waals surface area contributed by atoms with E-state index >= 15 is 0 Å². The van der Waals surface area contributed by atoms with Crippen LogP contribution in [-0.4, -0.2) is 17.9 Å². The fourth-order valence-electron chi connectivity index (χ4n) is 1.94. The second-order valence-electron chi connectivity index (χ2n) is 4.62. The van der Waals surface area contributed by atoms with Crippen molar-refractivity contribution in [2.24, 2.45) is 0 Å². The van der Waals surface area contributed by atoms with Crippen molar-refractivity contribution in [2.45, 2.75) is 12.4 Å². The van der Waals surface area contributed by atoms with Gasteiger partial charge in [0.25, 0.3) is 5.91 Å². The van der Waals surface area contributed by atoms with Crippen molar-refractivity contribution < 1.29 is 9.18 Å². The molecule has 0 saturated carbocycles. The highest BCUT2D eigenvalue weighted by Gasteiger charge is 2.12. The number of carbonyl (C=O) groups is 1. The third kappa shape index (κ3) is 3.58. The normalized spacial score (nSPS) is 10.3. The van der Waals surface area contributed by atoms with Crippen LogP contribution in [0.4, 0.5) is 4.39 Å². The van der Waals surface area contributed by atoms with Gasteiger partial charge in [-0.2, -0.15) is 0 Å². The number of hydrogen-bond donors (Lipinski definition) is 0. The SMILES string of the molecule is CN(Cc1ccc(F)cc1)C(=O)c1cccc(CCl)c1. The minimum Gasteiger partial charge on any atom is -0.337 e. The molecule has 2 aromatic rings. The van der Waals surface area contributed by atoms with Crippen LogP contribution < -0.4 is 0 Å². The maximum atomic E-state index is 12.8. The van der Waals surface area contributed by atoms with Gasteiger partial charge in [-0.1, -0.05) is 24.3 Å². The van der Waals surface area contributed by atoms with E-state index in [4.69, 9.17) is 11.6 Å². The van der Waals surface area contributed by atoms with Crippen molar-refractivity contribution in [3.05, 3.63) is 71.0 Å². The van der Waals surface area contributed by atoms with E-state index in [1.54, 1.807) is 36.2 Å². The van der Waals surface area contributed by atoms with E-state index in [1.165, 1.54) is 12.1 Å². The standard InChI is InChI=1S/C16H15ClFNO/c1-19(11-12-5-7-15(18)8-6-12)16(20)14-4-2-3-13(9-14)10-17/h2-9H,10-11H2,1H3. The molecule has 0 aliphatic heterocycles. The Kier molecular flexibility index (Phi) is 4.74. The van der Waals surface area contributed by atoms with E-state index < -0.39 is 0 Å².